The first-order valence-corrected chi connectivity index (χ1v) is 4.43. The summed E-state index contributed by atoms with van der Waals surface area (Å²) in [4.78, 5) is 0. The van der Waals surface area contributed by atoms with Crippen molar-refractivity contribution >= 4 is 27.5 Å². The molecule has 0 saturated carbocycles. The third-order valence-electron chi connectivity index (χ3n) is 1.43. The second-order valence-corrected chi connectivity index (χ2v) is 3.38. The summed E-state index contributed by atoms with van der Waals surface area (Å²) in [5, 5.41) is 0.604. The van der Waals surface area contributed by atoms with E-state index in [0.29, 0.717) is 16.5 Å². The maximum Gasteiger partial charge on any atom is 0.162 e. The predicted octanol–water partition coefficient (Wildman–Crippen LogP) is 3.12. The van der Waals surface area contributed by atoms with Crippen molar-refractivity contribution in [1.29, 1.82) is 0 Å². The lowest BCUT2D eigenvalue weighted by molar-refractivity contribution is 0.355. The van der Waals surface area contributed by atoms with Crippen LogP contribution in [0.2, 0.25) is 5.02 Å². The van der Waals surface area contributed by atoms with Crippen LogP contribution in [-0.4, -0.2) is 14.2 Å². The van der Waals surface area contributed by atoms with E-state index in [1.807, 2.05) is 0 Å². The lowest BCUT2D eigenvalue weighted by Crippen LogP contribution is -1.90. The van der Waals surface area contributed by atoms with Gasteiger partial charge >= 0.3 is 0 Å². The summed E-state index contributed by atoms with van der Waals surface area (Å²) in [5.41, 5.74) is 0. The van der Waals surface area contributed by atoms with E-state index in [0.717, 1.165) is 4.47 Å². The van der Waals surface area contributed by atoms with Crippen LogP contribution >= 0.6 is 27.5 Å². The van der Waals surface area contributed by atoms with Gasteiger partial charge in [0.25, 0.3) is 0 Å². The average Bonchev–Trinajstić information content (AvgIpc) is 2.09. The number of hydrogen-bond acceptors (Lipinski definition) is 2. The fourth-order valence-electron chi connectivity index (χ4n) is 0.829. The first-order valence-electron chi connectivity index (χ1n) is 3.26. The molecule has 0 heterocycles. The number of ether oxygens (including phenoxy) is 2. The van der Waals surface area contributed by atoms with Crippen molar-refractivity contribution in [2.75, 3.05) is 14.2 Å². The molecule has 0 bridgehead atoms. The van der Waals surface area contributed by atoms with E-state index in [2.05, 4.69) is 15.9 Å². The van der Waals surface area contributed by atoms with E-state index in [-0.39, 0.29) is 0 Å². The van der Waals surface area contributed by atoms with Crippen molar-refractivity contribution in [1.82, 2.24) is 0 Å². The number of methoxy groups -OCH3 is 2. The molecular formula is C8H8BrClO2. The van der Waals surface area contributed by atoms with Gasteiger partial charge in [-0.05, 0) is 22.0 Å². The van der Waals surface area contributed by atoms with E-state index < -0.39 is 0 Å². The van der Waals surface area contributed by atoms with Crippen molar-refractivity contribution in [3.8, 4) is 11.5 Å². The van der Waals surface area contributed by atoms with Gasteiger partial charge in [-0.3, -0.25) is 0 Å². The van der Waals surface area contributed by atoms with Gasteiger partial charge in [0.1, 0.15) is 0 Å². The van der Waals surface area contributed by atoms with Crippen LogP contribution in [0.1, 0.15) is 0 Å². The minimum Gasteiger partial charge on any atom is -0.493 e. The van der Waals surface area contributed by atoms with Gasteiger partial charge in [-0.15, -0.1) is 0 Å². The van der Waals surface area contributed by atoms with Crippen LogP contribution < -0.4 is 9.47 Å². The molecule has 4 heteroatoms. The second-order valence-electron chi connectivity index (χ2n) is 2.12. The van der Waals surface area contributed by atoms with Crippen molar-refractivity contribution in [3.63, 3.8) is 0 Å². The summed E-state index contributed by atoms with van der Waals surface area (Å²) in [5.74, 6) is 1.29. The molecule has 0 aliphatic carbocycles. The zero-order valence-corrected chi connectivity index (χ0v) is 9.07. The van der Waals surface area contributed by atoms with Crippen LogP contribution in [0.5, 0.6) is 11.5 Å². The third-order valence-corrected chi connectivity index (χ3v) is 2.62. The van der Waals surface area contributed by atoms with E-state index in [1.165, 1.54) is 0 Å². The molecular weight excluding hydrogens is 243 g/mol. The van der Waals surface area contributed by atoms with Gasteiger partial charge in [-0.2, -0.15) is 0 Å². The fourth-order valence-corrected chi connectivity index (χ4v) is 1.31. The minimum atomic E-state index is 0.604. The van der Waals surface area contributed by atoms with Crippen LogP contribution in [0.4, 0.5) is 0 Å². The Bertz CT molecular complexity index is 260. The van der Waals surface area contributed by atoms with Crippen LogP contribution in [0.15, 0.2) is 16.6 Å². The fraction of sp³-hybridized carbons (Fsp3) is 0.250. The maximum atomic E-state index is 5.84. The average molecular weight is 252 g/mol. The molecule has 0 aromatic heterocycles. The standard InChI is InChI=1S/C8H8BrClO2/c1-11-7-3-5(9)6(10)4-8(7)12-2/h3-4H,1-2H3. The van der Waals surface area contributed by atoms with Gasteiger partial charge in [-0.25, -0.2) is 0 Å². The smallest absolute Gasteiger partial charge is 0.162 e. The molecule has 0 aliphatic rings. The molecule has 0 radical (unpaired) electrons. The maximum absolute atomic E-state index is 5.84. The second kappa shape index (κ2) is 4.01. The highest BCUT2D eigenvalue weighted by Crippen LogP contribution is 2.35. The summed E-state index contributed by atoms with van der Waals surface area (Å²) in [7, 11) is 3.15. The quantitative estimate of drug-likeness (QED) is 0.804. The molecule has 0 aliphatic heterocycles. The molecule has 0 unspecified atom stereocenters. The first-order chi connectivity index (χ1) is 5.69. The van der Waals surface area contributed by atoms with Crippen molar-refractivity contribution in [2.24, 2.45) is 0 Å². The Kier molecular flexibility index (Phi) is 3.23. The number of rotatable bonds is 2. The van der Waals surface area contributed by atoms with Gasteiger partial charge in [0.05, 0.1) is 19.2 Å². The Morgan fingerprint density at radius 1 is 1.17 bits per heavy atom. The molecule has 1 rings (SSSR count). The van der Waals surface area contributed by atoms with Crippen LogP contribution in [0.25, 0.3) is 0 Å². The van der Waals surface area contributed by atoms with Crippen LogP contribution in [-0.2, 0) is 0 Å². The highest BCUT2D eigenvalue weighted by molar-refractivity contribution is 9.10. The lowest BCUT2D eigenvalue weighted by atomic mass is 10.3. The zero-order valence-electron chi connectivity index (χ0n) is 6.73. The van der Waals surface area contributed by atoms with Crippen LogP contribution in [0, 0.1) is 0 Å². The number of hydrogen-bond donors (Lipinski definition) is 0. The molecule has 0 fully saturated rings. The zero-order chi connectivity index (χ0) is 9.14. The van der Waals surface area contributed by atoms with Gasteiger partial charge in [0.2, 0.25) is 0 Å². The molecule has 2 nitrogen and oxygen atoms in total. The molecule has 0 atom stereocenters. The molecule has 66 valence electrons. The van der Waals surface area contributed by atoms with E-state index in [1.54, 1.807) is 26.4 Å². The summed E-state index contributed by atoms with van der Waals surface area (Å²) in [6.45, 7) is 0. The van der Waals surface area contributed by atoms with E-state index in [4.69, 9.17) is 21.1 Å². The Morgan fingerprint density at radius 3 is 2.17 bits per heavy atom. The van der Waals surface area contributed by atoms with Crippen molar-refractivity contribution in [3.05, 3.63) is 21.6 Å². The number of halogens is 2. The van der Waals surface area contributed by atoms with Gasteiger partial charge in [0.15, 0.2) is 11.5 Å². The molecule has 0 spiro atoms. The van der Waals surface area contributed by atoms with Crippen molar-refractivity contribution < 1.29 is 9.47 Å². The molecule has 12 heavy (non-hydrogen) atoms. The lowest BCUT2D eigenvalue weighted by Gasteiger charge is -2.08. The molecule has 0 N–H and O–H groups in total. The summed E-state index contributed by atoms with van der Waals surface area (Å²) in [6, 6.07) is 3.46. The summed E-state index contributed by atoms with van der Waals surface area (Å²) in [6.07, 6.45) is 0. The summed E-state index contributed by atoms with van der Waals surface area (Å²) < 4.78 is 10.9. The number of benzene rings is 1. The molecule has 0 amide bonds. The topological polar surface area (TPSA) is 18.5 Å². The molecule has 1 aromatic carbocycles. The third kappa shape index (κ3) is 1.84. The van der Waals surface area contributed by atoms with Gasteiger partial charge < -0.3 is 9.47 Å². The minimum absolute atomic E-state index is 0.604. The van der Waals surface area contributed by atoms with E-state index >= 15 is 0 Å². The van der Waals surface area contributed by atoms with Gasteiger partial charge in [-0.1, -0.05) is 11.6 Å². The highest BCUT2D eigenvalue weighted by Gasteiger charge is 2.06. The van der Waals surface area contributed by atoms with Crippen molar-refractivity contribution in [2.45, 2.75) is 0 Å². The molecule has 1 aromatic rings. The molecule has 0 saturated heterocycles. The monoisotopic (exact) mass is 250 g/mol. The van der Waals surface area contributed by atoms with Gasteiger partial charge in [0, 0.05) is 10.5 Å². The predicted molar refractivity (Wildman–Crippen MR) is 52.3 cm³/mol. The normalized spacial score (nSPS) is 9.67. The Hall–Kier alpha value is -0.410. The Labute approximate surface area is 84.6 Å². The Morgan fingerprint density at radius 2 is 1.67 bits per heavy atom. The van der Waals surface area contributed by atoms with Crippen LogP contribution in [0.3, 0.4) is 0 Å². The largest absolute Gasteiger partial charge is 0.493 e. The van der Waals surface area contributed by atoms with E-state index in [9.17, 15) is 0 Å². The first kappa shape index (κ1) is 9.68. The summed E-state index contributed by atoms with van der Waals surface area (Å²) >= 11 is 9.12. The Balaban J connectivity index is 3.19. The highest BCUT2D eigenvalue weighted by atomic mass is 79.9. The SMILES string of the molecule is COc1cc(Cl)c(Br)cc1OC.